The number of rotatable bonds is 4. The zero-order valence-electron chi connectivity index (χ0n) is 12.8. The molecule has 0 heterocycles. The second kappa shape index (κ2) is 10.4. The zero-order valence-corrected chi connectivity index (χ0v) is 13.9. The van der Waals surface area contributed by atoms with Crippen LogP contribution in [0.4, 0.5) is 0 Å². The number of ether oxygens (including phenoxy) is 2. The molecule has 0 amide bonds. The number of para-hydroxylation sites is 1. The average molecular weight is 350 g/mol. The topological polar surface area (TPSA) is 35.5 Å². The summed E-state index contributed by atoms with van der Waals surface area (Å²) in [6.07, 6.45) is 0. The largest absolute Gasteiger partial charge is 0.747 e. The van der Waals surface area contributed by atoms with Gasteiger partial charge in [0.25, 0.3) is 5.97 Å². The third-order valence-electron chi connectivity index (χ3n) is 2.96. The standard InChI is InChI=1S/C12H11O.C7H7O2.Fe/c1-2-8-12(9-3-1)13-10-11-6-4-5-7-11;1-9-7(8)6-4-2-3-5-6;/h1-9H,10H2;2-5H,1H3;/q-5;-1;. The van der Waals surface area contributed by atoms with Crippen LogP contribution in [-0.2, 0) is 28.4 Å². The third-order valence-corrected chi connectivity index (χ3v) is 2.96. The third kappa shape index (κ3) is 6.55. The molecule has 0 saturated carbocycles. The van der Waals surface area contributed by atoms with Crippen LogP contribution in [-0.4, -0.2) is 13.1 Å². The number of methoxy groups -OCH3 is 1. The molecule has 3 nitrogen and oxygen atoms in total. The molecule has 0 radical (unpaired) electrons. The minimum Gasteiger partial charge on any atom is -0.747 e. The molecule has 0 fully saturated rings. The van der Waals surface area contributed by atoms with Crippen LogP contribution in [0.5, 0.6) is 5.75 Å². The number of hydrogen-bond acceptors (Lipinski definition) is 3. The van der Waals surface area contributed by atoms with Crippen molar-refractivity contribution in [3.05, 3.63) is 90.0 Å². The smallest absolute Gasteiger partial charge is 0.280 e. The van der Waals surface area contributed by atoms with E-state index >= 15 is 0 Å². The summed E-state index contributed by atoms with van der Waals surface area (Å²) in [5.74, 6) is 0.642. The van der Waals surface area contributed by atoms with Gasteiger partial charge in [0, 0.05) is 17.1 Å². The molecule has 0 aliphatic carbocycles. The minimum atomic E-state index is -0.278. The predicted molar refractivity (Wildman–Crippen MR) is 86.2 cm³/mol. The monoisotopic (exact) mass is 350 g/mol. The van der Waals surface area contributed by atoms with Crippen LogP contribution >= 0.6 is 0 Å². The van der Waals surface area contributed by atoms with E-state index in [9.17, 15) is 4.79 Å². The molecule has 0 bridgehead atoms. The van der Waals surface area contributed by atoms with Gasteiger partial charge in [-0.3, -0.25) is 4.79 Å². The summed E-state index contributed by atoms with van der Waals surface area (Å²) in [6.45, 7) is 0.650. The summed E-state index contributed by atoms with van der Waals surface area (Å²) >= 11 is 0. The number of esters is 1. The molecular formula is C19H18FeO3-6. The van der Waals surface area contributed by atoms with Crippen LogP contribution in [0.25, 0.3) is 0 Å². The second-order valence-electron chi connectivity index (χ2n) is 4.56. The van der Waals surface area contributed by atoms with E-state index in [0.717, 1.165) is 5.75 Å². The van der Waals surface area contributed by atoms with E-state index in [0.29, 0.717) is 12.2 Å². The molecule has 0 atom stereocenters. The average Bonchev–Trinajstić information content (AvgIpc) is 3.27. The molecule has 23 heavy (non-hydrogen) atoms. The Balaban J connectivity index is 0.000000235. The molecule has 0 saturated heterocycles. The predicted octanol–water partition coefficient (Wildman–Crippen LogP) is 4.17. The van der Waals surface area contributed by atoms with Crippen molar-refractivity contribution in [2.75, 3.05) is 7.11 Å². The van der Waals surface area contributed by atoms with Gasteiger partial charge in [-0.05, 0) is 12.1 Å². The number of hydrogen-bond donors (Lipinski definition) is 0. The Bertz CT molecular complexity index is 643. The SMILES string of the molecule is COC(=O)[c-]1cccc1.[Fe].c1ccc(OC[c-]2[cH-][cH-][cH-][cH-]2)cc1. The fourth-order valence-corrected chi connectivity index (χ4v) is 1.82. The molecule has 0 spiro atoms. The van der Waals surface area contributed by atoms with Crippen LogP contribution in [0.1, 0.15) is 15.9 Å². The summed E-state index contributed by atoms with van der Waals surface area (Å²) in [6, 6.07) is 25.0. The normalized spacial score (nSPS) is 9.09. The van der Waals surface area contributed by atoms with Crippen LogP contribution < -0.4 is 4.74 Å². The van der Waals surface area contributed by atoms with Crippen molar-refractivity contribution in [3.8, 4) is 5.75 Å². The molecule has 0 aliphatic rings. The molecule has 126 valence electrons. The number of carbonyl (C=O) groups is 1. The molecule has 4 heteroatoms. The summed E-state index contributed by atoms with van der Waals surface area (Å²) in [7, 11) is 1.37. The molecule has 3 aromatic carbocycles. The van der Waals surface area contributed by atoms with Crippen LogP contribution in [0.3, 0.4) is 0 Å². The Hall–Kier alpha value is -2.29. The van der Waals surface area contributed by atoms with Crippen molar-refractivity contribution in [1.82, 2.24) is 0 Å². The van der Waals surface area contributed by atoms with E-state index in [1.54, 1.807) is 24.3 Å². The summed E-state index contributed by atoms with van der Waals surface area (Å²) in [5, 5.41) is 0. The van der Waals surface area contributed by atoms with Gasteiger partial charge in [-0.1, -0.05) is 30.4 Å². The first-order valence-electron chi connectivity index (χ1n) is 6.98. The Morgan fingerprint density at radius 2 is 1.65 bits per heavy atom. The van der Waals surface area contributed by atoms with E-state index in [2.05, 4.69) is 16.9 Å². The molecule has 0 aromatic heterocycles. The van der Waals surface area contributed by atoms with Crippen LogP contribution in [0, 0.1) is 0 Å². The molecule has 0 unspecified atom stereocenters. The second-order valence-corrected chi connectivity index (χ2v) is 4.56. The Kier molecular flexibility index (Phi) is 8.51. The molecule has 3 aromatic rings. The van der Waals surface area contributed by atoms with E-state index < -0.39 is 0 Å². The van der Waals surface area contributed by atoms with Gasteiger partial charge in [-0.25, -0.2) is 12.1 Å². The van der Waals surface area contributed by atoms with Crippen LogP contribution in [0.15, 0.2) is 78.9 Å². The summed E-state index contributed by atoms with van der Waals surface area (Å²) < 4.78 is 10.0. The van der Waals surface area contributed by atoms with Gasteiger partial charge in [0.05, 0.1) is 7.11 Å². The molecular weight excluding hydrogens is 332 g/mol. The maximum absolute atomic E-state index is 10.7. The van der Waals surface area contributed by atoms with E-state index in [4.69, 9.17) is 4.74 Å². The number of carbonyl (C=O) groups excluding carboxylic acids is 1. The number of benzene rings is 1. The maximum Gasteiger partial charge on any atom is 0.280 e. The fraction of sp³-hybridized carbons (Fsp3) is 0.105. The van der Waals surface area contributed by atoms with Gasteiger partial charge >= 0.3 is 0 Å². The van der Waals surface area contributed by atoms with Gasteiger partial charge in [-0.2, -0.15) is 12.1 Å². The van der Waals surface area contributed by atoms with Crippen molar-refractivity contribution in [2.45, 2.75) is 6.61 Å². The Labute approximate surface area is 147 Å². The van der Waals surface area contributed by atoms with Crippen molar-refractivity contribution in [3.63, 3.8) is 0 Å². The van der Waals surface area contributed by atoms with Gasteiger partial charge in [0.1, 0.15) is 5.75 Å². The van der Waals surface area contributed by atoms with E-state index in [1.165, 1.54) is 12.7 Å². The van der Waals surface area contributed by atoms with E-state index in [1.807, 2.05) is 42.5 Å². The molecule has 3 rings (SSSR count). The quantitative estimate of drug-likeness (QED) is 0.402. The maximum atomic E-state index is 10.7. The van der Waals surface area contributed by atoms with Crippen molar-refractivity contribution in [1.29, 1.82) is 0 Å². The summed E-state index contributed by atoms with van der Waals surface area (Å²) in [4.78, 5) is 10.7. The minimum absolute atomic E-state index is 0. The first kappa shape index (κ1) is 18.8. The first-order valence-corrected chi connectivity index (χ1v) is 6.98. The Morgan fingerprint density at radius 1 is 1.04 bits per heavy atom. The van der Waals surface area contributed by atoms with Crippen molar-refractivity contribution in [2.24, 2.45) is 0 Å². The van der Waals surface area contributed by atoms with Crippen LogP contribution in [0.2, 0.25) is 0 Å². The van der Waals surface area contributed by atoms with Crippen molar-refractivity contribution < 1.29 is 31.3 Å². The summed E-state index contributed by atoms with van der Waals surface area (Å²) in [5.41, 5.74) is 1.82. The zero-order chi connectivity index (χ0) is 15.6. The van der Waals surface area contributed by atoms with Gasteiger partial charge in [-0.15, -0.1) is 0 Å². The van der Waals surface area contributed by atoms with Crippen molar-refractivity contribution >= 4 is 5.97 Å². The fourth-order valence-electron chi connectivity index (χ4n) is 1.82. The first-order chi connectivity index (χ1) is 10.8. The van der Waals surface area contributed by atoms with E-state index in [-0.39, 0.29) is 23.0 Å². The van der Waals surface area contributed by atoms with Gasteiger partial charge in [0.2, 0.25) is 0 Å². The Morgan fingerprint density at radius 3 is 2.22 bits per heavy atom. The molecule has 0 aliphatic heterocycles. The van der Waals surface area contributed by atoms with Gasteiger partial charge in [0.15, 0.2) is 0 Å². The molecule has 0 N–H and O–H groups in total. The van der Waals surface area contributed by atoms with Gasteiger partial charge < -0.3 is 39.3 Å².